The number of carbonyl (C=O) groups excluding carboxylic acids is 1. The van der Waals surface area contributed by atoms with Crippen LogP contribution in [0, 0.1) is 6.92 Å². The van der Waals surface area contributed by atoms with Crippen molar-refractivity contribution < 1.29 is 14.3 Å². The Kier molecular flexibility index (Phi) is 8.71. The maximum absolute atomic E-state index is 11.5. The lowest BCUT2D eigenvalue weighted by atomic mass is 10.2. The summed E-state index contributed by atoms with van der Waals surface area (Å²) in [5.41, 5.74) is 0. The second-order valence-electron chi connectivity index (χ2n) is 4.80. The first kappa shape index (κ1) is 17.7. The van der Waals surface area contributed by atoms with Crippen LogP contribution >= 0.6 is 11.3 Å². The summed E-state index contributed by atoms with van der Waals surface area (Å²) in [6.45, 7) is 10.7. The first-order chi connectivity index (χ1) is 10.2. The van der Waals surface area contributed by atoms with Gasteiger partial charge in [0.25, 0.3) is 0 Å². The molecule has 0 aliphatic heterocycles. The van der Waals surface area contributed by atoms with Crippen LogP contribution in [0.2, 0.25) is 0 Å². The maximum atomic E-state index is 11.5. The highest BCUT2D eigenvalue weighted by atomic mass is 32.1. The molecule has 0 amide bonds. The second-order valence-corrected chi connectivity index (χ2v) is 6.17. The van der Waals surface area contributed by atoms with Gasteiger partial charge in [0.15, 0.2) is 0 Å². The van der Waals surface area contributed by atoms with Crippen LogP contribution in [0.3, 0.4) is 0 Å². The number of ether oxygens (including phenoxy) is 2. The Morgan fingerprint density at radius 1 is 1.29 bits per heavy atom. The van der Waals surface area contributed by atoms with Crippen LogP contribution in [0.25, 0.3) is 0 Å². The van der Waals surface area contributed by atoms with Gasteiger partial charge < -0.3 is 9.47 Å². The number of carbonyl (C=O) groups is 1. The molecule has 0 aromatic carbocycles. The first-order valence-electron chi connectivity index (χ1n) is 7.23. The second kappa shape index (κ2) is 10.4. The molecule has 1 aromatic heterocycles. The van der Waals surface area contributed by atoms with Gasteiger partial charge in [0.05, 0.1) is 6.61 Å². The molecule has 0 unspecified atom stereocenters. The van der Waals surface area contributed by atoms with E-state index in [1.807, 2.05) is 0 Å². The zero-order valence-corrected chi connectivity index (χ0v) is 13.5. The zero-order chi connectivity index (χ0) is 15.5. The molecule has 1 aromatic rings. The lowest BCUT2D eigenvalue weighted by molar-refractivity contribution is -0.145. The van der Waals surface area contributed by atoms with E-state index in [2.05, 4.69) is 32.2 Å². The number of esters is 1. The van der Waals surface area contributed by atoms with Gasteiger partial charge in [0.2, 0.25) is 0 Å². The van der Waals surface area contributed by atoms with E-state index >= 15 is 0 Å². The molecular weight excluding hydrogens is 284 g/mol. The Bertz CT molecular complexity index is 443. The van der Waals surface area contributed by atoms with Crippen molar-refractivity contribution in [2.45, 2.75) is 45.3 Å². The summed E-state index contributed by atoms with van der Waals surface area (Å²) in [5, 5.41) is 0. The summed E-state index contributed by atoms with van der Waals surface area (Å²) >= 11 is 1.77. The van der Waals surface area contributed by atoms with Crippen LogP contribution in [-0.2, 0) is 20.9 Å². The molecule has 0 atom stereocenters. The molecule has 0 saturated heterocycles. The van der Waals surface area contributed by atoms with Gasteiger partial charge in [-0.05, 0) is 44.1 Å². The largest absolute Gasteiger partial charge is 0.454 e. The fraction of sp³-hybridized carbons (Fsp3) is 0.471. The van der Waals surface area contributed by atoms with Crippen molar-refractivity contribution in [3.8, 4) is 0 Å². The normalized spacial score (nSPS) is 10.6. The van der Waals surface area contributed by atoms with Crippen molar-refractivity contribution in [3.63, 3.8) is 0 Å². The number of rotatable bonds is 11. The topological polar surface area (TPSA) is 35.5 Å². The molecule has 0 radical (unpaired) electrons. The van der Waals surface area contributed by atoms with E-state index < -0.39 is 0 Å². The molecule has 1 heterocycles. The monoisotopic (exact) mass is 308 g/mol. The minimum Gasteiger partial charge on any atom is -0.454 e. The molecule has 1 rings (SSSR count). The molecule has 116 valence electrons. The van der Waals surface area contributed by atoms with E-state index in [1.54, 1.807) is 23.5 Å². The smallest absolute Gasteiger partial charge is 0.306 e. The molecule has 0 aliphatic carbocycles. The number of unbranched alkanes of at least 4 members (excludes halogenated alkanes) is 2. The van der Waals surface area contributed by atoms with Crippen LogP contribution in [0.5, 0.6) is 0 Å². The number of thiophene rings is 1. The lowest BCUT2D eigenvalue weighted by Crippen LogP contribution is -2.13. The van der Waals surface area contributed by atoms with Gasteiger partial charge in [0, 0.05) is 22.8 Å². The minimum atomic E-state index is -0.380. The van der Waals surface area contributed by atoms with E-state index in [9.17, 15) is 4.79 Å². The van der Waals surface area contributed by atoms with Crippen molar-refractivity contribution in [2.75, 3.05) is 6.61 Å². The van der Waals surface area contributed by atoms with E-state index in [4.69, 9.17) is 9.47 Å². The van der Waals surface area contributed by atoms with Crippen LogP contribution in [0.4, 0.5) is 0 Å². The van der Waals surface area contributed by atoms with Gasteiger partial charge in [-0.15, -0.1) is 11.3 Å². The van der Waals surface area contributed by atoms with Crippen LogP contribution in [0.15, 0.2) is 37.4 Å². The minimum absolute atomic E-state index is 0.199. The van der Waals surface area contributed by atoms with E-state index in [1.165, 1.54) is 9.75 Å². The van der Waals surface area contributed by atoms with Crippen molar-refractivity contribution in [1.82, 2.24) is 0 Å². The molecule has 0 spiro atoms. The Hall–Kier alpha value is -1.39. The highest BCUT2D eigenvalue weighted by Gasteiger charge is 2.07. The summed E-state index contributed by atoms with van der Waals surface area (Å²) in [5.74, 6) is -0.199. The Balaban J connectivity index is 1.98. The van der Waals surface area contributed by atoms with Crippen LogP contribution < -0.4 is 0 Å². The van der Waals surface area contributed by atoms with Crippen molar-refractivity contribution in [3.05, 3.63) is 47.2 Å². The Morgan fingerprint density at radius 2 is 2.05 bits per heavy atom. The SMILES string of the molecule is C=CC(C=C)OC(=O)CCCCCOCc1ccc(C)s1. The average Bonchev–Trinajstić information content (AvgIpc) is 2.89. The summed E-state index contributed by atoms with van der Waals surface area (Å²) in [6, 6.07) is 4.21. The van der Waals surface area contributed by atoms with E-state index in [-0.39, 0.29) is 12.1 Å². The van der Waals surface area contributed by atoms with Gasteiger partial charge in [-0.2, -0.15) is 0 Å². The molecular formula is C17H24O3S. The zero-order valence-electron chi connectivity index (χ0n) is 12.7. The predicted octanol–water partition coefficient (Wildman–Crippen LogP) is 4.42. The van der Waals surface area contributed by atoms with Crippen molar-refractivity contribution >= 4 is 17.3 Å². The highest BCUT2D eigenvalue weighted by Crippen LogP contribution is 2.16. The molecule has 0 aliphatic rings. The van der Waals surface area contributed by atoms with E-state index in [0.29, 0.717) is 13.0 Å². The third kappa shape index (κ3) is 7.83. The van der Waals surface area contributed by atoms with Gasteiger partial charge in [-0.25, -0.2) is 0 Å². The quantitative estimate of drug-likeness (QED) is 0.345. The predicted molar refractivity (Wildman–Crippen MR) is 87.5 cm³/mol. The highest BCUT2D eigenvalue weighted by molar-refractivity contribution is 7.11. The summed E-state index contributed by atoms with van der Waals surface area (Å²) in [6.07, 6.45) is 5.92. The third-order valence-corrected chi connectivity index (χ3v) is 3.92. The number of hydrogen-bond donors (Lipinski definition) is 0. The van der Waals surface area contributed by atoms with Crippen LogP contribution in [-0.4, -0.2) is 18.7 Å². The van der Waals surface area contributed by atoms with Gasteiger partial charge >= 0.3 is 5.97 Å². The van der Waals surface area contributed by atoms with Gasteiger partial charge in [-0.3, -0.25) is 4.79 Å². The first-order valence-corrected chi connectivity index (χ1v) is 8.05. The Morgan fingerprint density at radius 3 is 2.67 bits per heavy atom. The Labute approximate surface area is 131 Å². The molecule has 0 bridgehead atoms. The average molecular weight is 308 g/mol. The maximum Gasteiger partial charge on any atom is 0.306 e. The van der Waals surface area contributed by atoms with Crippen molar-refractivity contribution in [2.24, 2.45) is 0 Å². The fourth-order valence-corrected chi connectivity index (χ4v) is 2.62. The molecule has 0 saturated carbocycles. The standard InChI is InChI=1S/C17H24O3S/c1-4-15(5-2)20-17(18)9-7-6-8-12-19-13-16-11-10-14(3)21-16/h4-5,10-11,15H,1-2,6-9,12-13H2,3H3. The third-order valence-electron chi connectivity index (χ3n) is 2.94. The summed E-state index contributed by atoms with van der Waals surface area (Å²) < 4.78 is 10.7. The fourth-order valence-electron chi connectivity index (χ4n) is 1.79. The van der Waals surface area contributed by atoms with Gasteiger partial charge in [-0.1, -0.05) is 19.6 Å². The van der Waals surface area contributed by atoms with Gasteiger partial charge in [0.1, 0.15) is 6.10 Å². The van der Waals surface area contributed by atoms with Crippen LogP contribution in [0.1, 0.15) is 35.4 Å². The number of aryl methyl sites for hydroxylation is 1. The summed E-state index contributed by atoms with van der Waals surface area (Å²) in [4.78, 5) is 14.1. The lowest BCUT2D eigenvalue weighted by Gasteiger charge is -2.09. The number of hydrogen-bond acceptors (Lipinski definition) is 4. The molecule has 3 nitrogen and oxygen atoms in total. The van der Waals surface area contributed by atoms with E-state index in [0.717, 1.165) is 25.9 Å². The molecule has 4 heteroatoms. The molecule has 0 N–H and O–H groups in total. The summed E-state index contributed by atoms with van der Waals surface area (Å²) in [7, 11) is 0. The molecule has 0 fully saturated rings. The van der Waals surface area contributed by atoms with Crippen molar-refractivity contribution in [1.29, 1.82) is 0 Å². The molecule has 21 heavy (non-hydrogen) atoms.